The van der Waals surface area contributed by atoms with Gasteiger partial charge in [0.15, 0.2) is 0 Å². The van der Waals surface area contributed by atoms with Gasteiger partial charge in [0.25, 0.3) is 0 Å². The number of anilines is 1. The number of unbranched alkanes of at least 4 members (excludes halogenated alkanes) is 5. The van der Waals surface area contributed by atoms with Crippen molar-refractivity contribution in [2.24, 2.45) is 0 Å². The summed E-state index contributed by atoms with van der Waals surface area (Å²) in [6, 6.07) is 8.21. The fourth-order valence-corrected chi connectivity index (χ4v) is 3.43. The summed E-state index contributed by atoms with van der Waals surface area (Å²) in [7, 11) is 1.69. The summed E-state index contributed by atoms with van der Waals surface area (Å²) < 4.78 is 5.23. The Kier molecular flexibility index (Phi) is 8.64. The maximum atomic E-state index is 12.5. The van der Waals surface area contributed by atoms with Crippen LogP contribution in [0.4, 0.5) is 5.69 Å². The fourth-order valence-electron chi connectivity index (χ4n) is 3.43. The fraction of sp³-hybridized carbons (Fsp3) is 0.667. The van der Waals surface area contributed by atoms with Crippen LogP contribution in [-0.2, 0) is 4.79 Å². The molecule has 0 saturated carbocycles. The lowest BCUT2D eigenvalue weighted by molar-refractivity contribution is -0.131. The van der Waals surface area contributed by atoms with Crippen LogP contribution in [-0.4, -0.2) is 44.1 Å². The van der Waals surface area contributed by atoms with Gasteiger partial charge in [-0.2, -0.15) is 0 Å². The molecule has 0 atom stereocenters. The molecular formula is C21H34N2O2. The highest BCUT2D eigenvalue weighted by atomic mass is 16.5. The molecule has 1 heterocycles. The first-order valence-electron chi connectivity index (χ1n) is 9.91. The van der Waals surface area contributed by atoms with Gasteiger partial charge in [0.05, 0.1) is 7.11 Å². The molecule has 1 fully saturated rings. The number of amides is 1. The normalized spacial score (nSPS) is 15.1. The Hall–Kier alpha value is -1.71. The molecule has 1 aliphatic heterocycles. The van der Waals surface area contributed by atoms with Crippen molar-refractivity contribution in [2.45, 2.75) is 58.3 Å². The van der Waals surface area contributed by atoms with E-state index in [1.807, 2.05) is 12.1 Å². The predicted octanol–water partition coefficient (Wildman–Crippen LogP) is 4.48. The average Bonchev–Trinajstić information content (AvgIpc) is 2.91. The van der Waals surface area contributed by atoms with Gasteiger partial charge in [0, 0.05) is 38.3 Å². The summed E-state index contributed by atoms with van der Waals surface area (Å²) in [6.07, 6.45) is 9.16. The van der Waals surface area contributed by atoms with E-state index < -0.39 is 0 Å². The molecule has 0 bridgehead atoms. The van der Waals surface area contributed by atoms with Crippen LogP contribution < -0.4 is 9.64 Å². The number of ether oxygens (including phenoxy) is 1. The Bertz CT molecular complexity index is 501. The van der Waals surface area contributed by atoms with Gasteiger partial charge < -0.3 is 14.5 Å². The molecule has 1 saturated heterocycles. The maximum Gasteiger partial charge on any atom is 0.222 e. The zero-order valence-corrected chi connectivity index (χ0v) is 16.0. The van der Waals surface area contributed by atoms with Crippen molar-refractivity contribution in [1.29, 1.82) is 0 Å². The van der Waals surface area contributed by atoms with E-state index in [9.17, 15) is 4.79 Å². The molecule has 25 heavy (non-hydrogen) atoms. The van der Waals surface area contributed by atoms with Crippen molar-refractivity contribution in [3.8, 4) is 5.75 Å². The van der Waals surface area contributed by atoms with Gasteiger partial charge in [0.2, 0.25) is 5.91 Å². The number of nitrogens with zero attached hydrogens (tertiary/aromatic N) is 2. The van der Waals surface area contributed by atoms with E-state index in [1.165, 1.54) is 37.8 Å². The number of rotatable bonds is 9. The molecule has 1 aromatic carbocycles. The largest absolute Gasteiger partial charge is 0.497 e. The van der Waals surface area contributed by atoms with Crippen LogP contribution in [0, 0.1) is 0 Å². The molecular weight excluding hydrogens is 312 g/mol. The highest BCUT2D eigenvalue weighted by Crippen LogP contribution is 2.21. The summed E-state index contributed by atoms with van der Waals surface area (Å²) in [5.74, 6) is 1.22. The van der Waals surface area contributed by atoms with E-state index in [-0.39, 0.29) is 0 Å². The Morgan fingerprint density at radius 1 is 0.960 bits per heavy atom. The van der Waals surface area contributed by atoms with Crippen molar-refractivity contribution >= 4 is 11.6 Å². The first-order chi connectivity index (χ1) is 12.2. The zero-order chi connectivity index (χ0) is 17.9. The summed E-state index contributed by atoms with van der Waals surface area (Å²) >= 11 is 0. The SMILES string of the molecule is CCCCCCCCC(=O)N1CCCN(c2ccc(OC)cc2)CC1. The van der Waals surface area contributed by atoms with Crippen LogP contribution in [0.15, 0.2) is 24.3 Å². The summed E-state index contributed by atoms with van der Waals surface area (Å²) in [5, 5.41) is 0. The molecule has 0 radical (unpaired) electrons. The molecule has 0 N–H and O–H groups in total. The van der Waals surface area contributed by atoms with Crippen LogP contribution in [0.25, 0.3) is 0 Å². The number of methoxy groups -OCH3 is 1. The van der Waals surface area contributed by atoms with Gasteiger partial charge >= 0.3 is 0 Å². The molecule has 140 valence electrons. The maximum absolute atomic E-state index is 12.5. The first kappa shape index (κ1) is 19.6. The van der Waals surface area contributed by atoms with Gasteiger partial charge in [0.1, 0.15) is 5.75 Å². The van der Waals surface area contributed by atoms with Crippen LogP contribution >= 0.6 is 0 Å². The molecule has 1 aliphatic rings. The van der Waals surface area contributed by atoms with E-state index in [0.29, 0.717) is 12.3 Å². The lowest BCUT2D eigenvalue weighted by Crippen LogP contribution is -2.35. The standard InChI is InChI=1S/C21H34N2O2/c1-3-4-5-6-7-8-10-21(24)23-16-9-15-22(17-18-23)19-11-13-20(25-2)14-12-19/h11-14H,3-10,15-18H2,1-2H3. The number of hydrogen-bond acceptors (Lipinski definition) is 3. The van der Waals surface area contributed by atoms with E-state index in [1.54, 1.807) is 7.11 Å². The van der Waals surface area contributed by atoms with E-state index in [2.05, 4.69) is 28.9 Å². The Labute approximate surface area is 153 Å². The Balaban J connectivity index is 1.73. The zero-order valence-electron chi connectivity index (χ0n) is 16.0. The summed E-state index contributed by atoms with van der Waals surface area (Å²) in [4.78, 5) is 16.9. The number of benzene rings is 1. The van der Waals surface area contributed by atoms with Crippen molar-refractivity contribution < 1.29 is 9.53 Å². The monoisotopic (exact) mass is 346 g/mol. The molecule has 2 rings (SSSR count). The molecule has 0 unspecified atom stereocenters. The molecule has 0 spiro atoms. The third kappa shape index (κ3) is 6.60. The lowest BCUT2D eigenvalue weighted by Gasteiger charge is -2.24. The molecule has 4 nitrogen and oxygen atoms in total. The Morgan fingerprint density at radius 2 is 1.68 bits per heavy atom. The minimum atomic E-state index is 0.340. The van der Waals surface area contributed by atoms with Crippen LogP contribution in [0.1, 0.15) is 58.3 Å². The van der Waals surface area contributed by atoms with Crippen LogP contribution in [0.2, 0.25) is 0 Å². The lowest BCUT2D eigenvalue weighted by atomic mass is 10.1. The molecule has 4 heteroatoms. The first-order valence-corrected chi connectivity index (χ1v) is 9.91. The summed E-state index contributed by atoms with van der Waals surface area (Å²) in [6.45, 7) is 5.88. The highest BCUT2D eigenvalue weighted by Gasteiger charge is 2.19. The minimum Gasteiger partial charge on any atom is -0.497 e. The van der Waals surface area contributed by atoms with Crippen LogP contribution in [0.5, 0.6) is 5.75 Å². The summed E-state index contributed by atoms with van der Waals surface area (Å²) in [5.41, 5.74) is 1.21. The second kappa shape index (κ2) is 11.0. The van der Waals surface area contributed by atoms with Gasteiger partial charge in [-0.15, -0.1) is 0 Å². The average molecular weight is 347 g/mol. The smallest absolute Gasteiger partial charge is 0.222 e. The molecule has 0 aromatic heterocycles. The van der Waals surface area contributed by atoms with E-state index in [4.69, 9.17) is 4.74 Å². The van der Waals surface area contributed by atoms with Gasteiger partial charge in [-0.1, -0.05) is 39.0 Å². The predicted molar refractivity (Wildman–Crippen MR) is 104 cm³/mol. The molecule has 0 aliphatic carbocycles. The quantitative estimate of drug-likeness (QED) is 0.618. The number of carbonyl (C=O) groups excluding carboxylic acids is 1. The number of hydrogen-bond donors (Lipinski definition) is 0. The third-order valence-electron chi connectivity index (χ3n) is 5.03. The Morgan fingerprint density at radius 3 is 2.40 bits per heavy atom. The van der Waals surface area contributed by atoms with Crippen molar-refractivity contribution in [1.82, 2.24) is 4.90 Å². The van der Waals surface area contributed by atoms with Gasteiger partial charge in [-0.25, -0.2) is 0 Å². The van der Waals surface area contributed by atoms with Crippen LogP contribution in [0.3, 0.4) is 0 Å². The van der Waals surface area contributed by atoms with Gasteiger partial charge in [-0.05, 0) is 37.1 Å². The molecule has 1 aromatic rings. The van der Waals surface area contributed by atoms with Gasteiger partial charge in [-0.3, -0.25) is 4.79 Å². The van der Waals surface area contributed by atoms with E-state index in [0.717, 1.165) is 44.8 Å². The van der Waals surface area contributed by atoms with E-state index >= 15 is 0 Å². The van der Waals surface area contributed by atoms with Crippen molar-refractivity contribution in [3.05, 3.63) is 24.3 Å². The number of carbonyl (C=O) groups is 1. The minimum absolute atomic E-state index is 0.340. The van der Waals surface area contributed by atoms with Crippen molar-refractivity contribution in [2.75, 3.05) is 38.2 Å². The third-order valence-corrected chi connectivity index (χ3v) is 5.03. The van der Waals surface area contributed by atoms with Crippen molar-refractivity contribution in [3.63, 3.8) is 0 Å². The topological polar surface area (TPSA) is 32.8 Å². The second-order valence-corrected chi connectivity index (χ2v) is 6.94. The second-order valence-electron chi connectivity index (χ2n) is 6.94. The molecule has 1 amide bonds. The highest BCUT2D eigenvalue weighted by molar-refractivity contribution is 5.76.